The van der Waals surface area contributed by atoms with E-state index in [1.807, 2.05) is 0 Å². The van der Waals surface area contributed by atoms with Crippen LogP contribution in [0.4, 0.5) is 5.69 Å². The van der Waals surface area contributed by atoms with Gasteiger partial charge < -0.3 is 10.6 Å². The lowest BCUT2D eigenvalue weighted by molar-refractivity contribution is 0.414. The summed E-state index contributed by atoms with van der Waals surface area (Å²) in [6.07, 6.45) is 2.48. The van der Waals surface area contributed by atoms with Crippen LogP contribution >= 0.6 is 24.8 Å². The predicted molar refractivity (Wildman–Crippen MR) is 74.9 cm³/mol. The second kappa shape index (κ2) is 7.77. The number of hydrogen-bond donors (Lipinski definition) is 1. The third-order valence-electron chi connectivity index (χ3n) is 3.07. The van der Waals surface area contributed by atoms with Crippen molar-refractivity contribution in [3.8, 4) is 0 Å². The lowest BCUT2D eigenvalue weighted by Crippen LogP contribution is -2.35. The summed E-state index contributed by atoms with van der Waals surface area (Å²) in [5.41, 5.74) is 7.02. The Hall–Kier alpha value is -0.440. The van der Waals surface area contributed by atoms with Gasteiger partial charge in [0, 0.05) is 18.8 Å². The van der Waals surface area contributed by atoms with E-state index < -0.39 is 0 Å². The van der Waals surface area contributed by atoms with E-state index in [0.717, 1.165) is 25.6 Å². The van der Waals surface area contributed by atoms with Crippen molar-refractivity contribution in [3.63, 3.8) is 0 Å². The lowest BCUT2D eigenvalue weighted by Gasteiger charge is -2.33. The van der Waals surface area contributed by atoms with Crippen LogP contribution in [0.1, 0.15) is 12.8 Å². The molecular formula is C12H20Cl2N2. The van der Waals surface area contributed by atoms with Crippen LogP contribution in [0.25, 0.3) is 0 Å². The maximum Gasteiger partial charge on any atom is 0.0366 e. The van der Waals surface area contributed by atoms with Gasteiger partial charge in [-0.05, 0) is 37.4 Å². The molecule has 16 heavy (non-hydrogen) atoms. The molecular weight excluding hydrogens is 243 g/mol. The average molecular weight is 263 g/mol. The van der Waals surface area contributed by atoms with Gasteiger partial charge in [-0.2, -0.15) is 0 Å². The van der Waals surface area contributed by atoms with Crippen LogP contribution in [0, 0.1) is 5.92 Å². The Morgan fingerprint density at radius 2 is 1.62 bits per heavy atom. The second-order valence-electron chi connectivity index (χ2n) is 4.00. The fourth-order valence-corrected chi connectivity index (χ4v) is 2.07. The smallest absolute Gasteiger partial charge is 0.0366 e. The highest BCUT2D eigenvalue weighted by molar-refractivity contribution is 5.85. The summed E-state index contributed by atoms with van der Waals surface area (Å²) in [7, 11) is 0. The number of anilines is 1. The Labute approximate surface area is 110 Å². The van der Waals surface area contributed by atoms with E-state index in [9.17, 15) is 0 Å². The van der Waals surface area contributed by atoms with Crippen LogP contribution in [0.5, 0.6) is 0 Å². The summed E-state index contributed by atoms with van der Waals surface area (Å²) in [6, 6.07) is 10.6. The third-order valence-corrected chi connectivity index (χ3v) is 3.07. The predicted octanol–water partition coefficient (Wildman–Crippen LogP) is 2.71. The van der Waals surface area contributed by atoms with Crippen molar-refractivity contribution in [2.45, 2.75) is 12.8 Å². The quantitative estimate of drug-likeness (QED) is 0.888. The van der Waals surface area contributed by atoms with E-state index in [2.05, 4.69) is 35.2 Å². The van der Waals surface area contributed by atoms with Crippen molar-refractivity contribution in [3.05, 3.63) is 30.3 Å². The number of rotatable bonds is 2. The molecule has 0 aliphatic carbocycles. The van der Waals surface area contributed by atoms with Gasteiger partial charge in [-0.1, -0.05) is 18.2 Å². The number of nitrogens with two attached hydrogens (primary N) is 1. The molecule has 1 heterocycles. The number of nitrogens with zero attached hydrogens (tertiary/aromatic N) is 1. The fraction of sp³-hybridized carbons (Fsp3) is 0.500. The molecule has 0 atom stereocenters. The first-order valence-corrected chi connectivity index (χ1v) is 5.40. The van der Waals surface area contributed by atoms with Crippen molar-refractivity contribution < 1.29 is 0 Å². The Morgan fingerprint density at radius 1 is 1.06 bits per heavy atom. The molecule has 0 radical (unpaired) electrons. The molecule has 1 aromatic rings. The molecule has 0 unspecified atom stereocenters. The molecule has 1 aliphatic heterocycles. The zero-order valence-corrected chi connectivity index (χ0v) is 11.0. The maximum absolute atomic E-state index is 5.67. The Balaban J connectivity index is 0.00000112. The molecule has 1 aromatic carbocycles. The van der Waals surface area contributed by atoms with Gasteiger partial charge in [0.25, 0.3) is 0 Å². The largest absolute Gasteiger partial charge is 0.372 e. The first kappa shape index (κ1) is 15.6. The SMILES string of the molecule is Cl.Cl.NCC1CCN(c2ccccc2)CC1. The molecule has 0 bridgehead atoms. The fourth-order valence-electron chi connectivity index (χ4n) is 2.07. The van der Waals surface area contributed by atoms with Crippen LogP contribution in [0.2, 0.25) is 0 Å². The van der Waals surface area contributed by atoms with E-state index in [0.29, 0.717) is 0 Å². The normalized spacial score (nSPS) is 16.2. The number of halogens is 2. The molecule has 0 spiro atoms. The number of hydrogen-bond acceptors (Lipinski definition) is 2. The van der Waals surface area contributed by atoms with Gasteiger partial charge in [-0.25, -0.2) is 0 Å². The monoisotopic (exact) mass is 262 g/mol. The number of benzene rings is 1. The lowest BCUT2D eigenvalue weighted by atomic mass is 9.97. The van der Waals surface area contributed by atoms with Crippen molar-refractivity contribution in [1.82, 2.24) is 0 Å². The molecule has 2 rings (SSSR count). The van der Waals surface area contributed by atoms with Crippen LogP contribution in [-0.2, 0) is 0 Å². The van der Waals surface area contributed by atoms with Gasteiger partial charge in [0.1, 0.15) is 0 Å². The van der Waals surface area contributed by atoms with Crippen LogP contribution in [-0.4, -0.2) is 19.6 Å². The van der Waals surface area contributed by atoms with Gasteiger partial charge >= 0.3 is 0 Å². The molecule has 0 amide bonds. The highest BCUT2D eigenvalue weighted by Crippen LogP contribution is 2.21. The summed E-state index contributed by atoms with van der Waals surface area (Å²) < 4.78 is 0. The molecule has 0 saturated carbocycles. The molecule has 92 valence electrons. The van der Waals surface area contributed by atoms with Gasteiger partial charge in [0.2, 0.25) is 0 Å². The zero-order chi connectivity index (χ0) is 9.80. The Morgan fingerprint density at radius 3 is 2.12 bits per heavy atom. The number of piperidine rings is 1. The molecule has 1 aliphatic rings. The zero-order valence-electron chi connectivity index (χ0n) is 9.34. The summed E-state index contributed by atoms with van der Waals surface area (Å²) in [4.78, 5) is 2.45. The van der Waals surface area contributed by atoms with Gasteiger partial charge in [-0.15, -0.1) is 24.8 Å². The van der Waals surface area contributed by atoms with Crippen LogP contribution in [0.15, 0.2) is 30.3 Å². The van der Waals surface area contributed by atoms with Crippen LogP contribution in [0.3, 0.4) is 0 Å². The van der Waals surface area contributed by atoms with Crippen molar-refractivity contribution in [1.29, 1.82) is 0 Å². The summed E-state index contributed by atoms with van der Waals surface area (Å²) in [5.74, 6) is 0.745. The summed E-state index contributed by atoms with van der Waals surface area (Å²) in [5, 5.41) is 0. The van der Waals surface area contributed by atoms with Gasteiger partial charge in [0.15, 0.2) is 0 Å². The first-order valence-electron chi connectivity index (χ1n) is 5.40. The second-order valence-corrected chi connectivity index (χ2v) is 4.00. The average Bonchev–Trinajstić information content (AvgIpc) is 2.30. The van der Waals surface area contributed by atoms with Crippen molar-refractivity contribution in [2.24, 2.45) is 11.7 Å². The minimum absolute atomic E-state index is 0. The topological polar surface area (TPSA) is 29.3 Å². The van der Waals surface area contributed by atoms with E-state index in [1.54, 1.807) is 0 Å². The summed E-state index contributed by atoms with van der Waals surface area (Å²) in [6.45, 7) is 3.17. The van der Waals surface area contributed by atoms with E-state index in [4.69, 9.17) is 5.73 Å². The standard InChI is InChI=1S/C12H18N2.2ClH/c13-10-11-6-8-14(9-7-11)12-4-2-1-3-5-12;;/h1-5,11H,6-10,13H2;2*1H. The minimum Gasteiger partial charge on any atom is -0.372 e. The van der Waals surface area contributed by atoms with Crippen LogP contribution < -0.4 is 10.6 Å². The molecule has 2 nitrogen and oxygen atoms in total. The van der Waals surface area contributed by atoms with Crippen molar-refractivity contribution in [2.75, 3.05) is 24.5 Å². The summed E-state index contributed by atoms with van der Waals surface area (Å²) >= 11 is 0. The van der Waals surface area contributed by atoms with E-state index >= 15 is 0 Å². The van der Waals surface area contributed by atoms with Crippen molar-refractivity contribution >= 4 is 30.5 Å². The van der Waals surface area contributed by atoms with Gasteiger partial charge in [0.05, 0.1) is 0 Å². The highest BCUT2D eigenvalue weighted by Gasteiger charge is 2.17. The van der Waals surface area contributed by atoms with Gasteiger partial charge in [-0.3, -0.25) is 0 Å². The third kappa shape index (κ3) is 3.85. The van der Waals surface area contributed by atoms with E-state index in [1.165, 1.54) is 18.5 Å². The molecule has 0 aromatic heterocycles. The first-order chi connectivity index (χ1) is 6.90. The molecule has 2 N–H and O–H groups in total. The molecule has 4 heteroatoms. The minimum atomic E-state index is 0. The molecule has 1 saturated heterocycles. The maximum atomic E-state index is 5.67. The Kier molecular flexibility index (Phi) is 7.56. The van der Waals surface area contributed by atoms with E-state index in [-0.39, 0.29) is 24.8 Å². The molecule has 1 fully saturated rings. The highest BCUT2D eigenvalue weighted by atomic mass is 35.5. The Bertz CT molecular complexity index is 272. The number of para-hydroxylation sites is 1.